The Kier molecular flexibility index (Phi) is 5.02. The first-order valence-corrected chi connectivity index (χ1v) is 7.24. The number of hydrogen-bond donors (Lipinski definition) is 1. The van der Waals surface area contributed by atoms with Crippen LogP contribution in [0.2, 0.25) is 5.02 Å². The molecule has 0 radical (unpaired) electrons. The van der Waals surface area contributed by atoms with Gasteiger partial charge >= 0.3 is 0 Å². The molecule has 0 heterocycles. The predicted molar refractivity (Wildman–Crippen MR) is 74.5 cm³/mol. The van der Waals surface area contributed by atoms with E-state index in [4.69, 9.17) is 11.6 Å². The van der Waals surface area contributed by atoms with Gasteiger partial charge in [-0.05, 0) is 55.8 Å². The lowest BCUT2D eigenvalue weighted by Gasteiger charge is -2.17. The standard InChI is InChI=1S/C15H21ClFN/c1-2-3-11(10-18-14-6-7-14)8-12-4-5-13(16)9-15(12)17/h4-5,9,11,14,18H,2-3,6-8,10H2,1H3. The van der Waals surface area contributed by atoms with Crippen LogP contribution in [0.15, 0.2) is 18.2 Å². The average molecular weight is 270 g/mol. The highest BCUT2D eigenvalue weighted by atomic mass is 35.5. The Morgan fingerprint density at radius 3 is 2.83 bits per heavy atom. The fourth-order valence-electron chi connectivity index (χ4n) is 2.30. The van der Waals surface area contributed by atoms with Gasteiger partial charge in [0.15, 0.2) is 0 Å². The highest BCUT2D eigenvalue weighted by Crippen LogP contribution is 2.22. The molecule has 0 saturated heterocycles. The summed E-state index contributed by atoms with van der Waals surface area (Å²) in [5, 5.41) is 4.02. The summed E-state index contributed by atoms with van der Waals surface area (Å²) in [6.07, 6.45) is 5.69. The average Bonchev–Trinajstić information content (AvgIpc) is 3.13. The van der Waals surface area contributed by atoms with Crippen molar-refractivity contribution in [1.29, 1.82) is 0 Å². The van der Waals surface area contributed by atoms with Crippen molar-refractivity contribution in [2.45, 2.75) is 45.1 Å². The van der Waals surface area contributed by atoms with Gasteiger partial charge in [-0.25, -0.2) is 4.39 Å². The van der Waals surface area contributed by atoms with E-state index in [1.165, 1.54) is 18.9 Å². The van der Waals surface area contributed by atoms with Crippen LogP contribution in [0.1, 0.15) is 38.2 Å². The molecule has 0 amide bonds. The van der Waals surface area contributed by atoms with E-state index in [-0.39, 0.29) is 5.82 Å². The van der Waals surface area contributed by atoms with E-state index in [1.807, 2.05) is 6.07 Å². The van der Waals surface area contributed by atoms with Gasteiger partial charge in [0.1, 0.15) is 5.82 Å². The fraction of sp³-hybridized carbons (Fsp3) is 0.600. The van der Waals surface area contributed by atoms with Crippen LogP contribution in [0.4, 0.5) is 4.39 Å². The normalized spacial score (nSPS) is 16.8. The number of rotatable bonds is 7. The maximum Gasteiger partial charge on any atom is 0.127 e. The Bertz CT molecular complexity index is 390. The topological polar surface area (TPSA) is 12.0 Å². The van der Waals surface area contributed by atoms with Crippen molar-refractivity contribution in [1.82, 2.24) is 5.32 Å². The van der Waals surface area contributed by atoms with Crippen molar-refractivity contribution in [2.75, 3.05) is 6.54 Å². The number of hydrogen-bond acceptors (Lipinski definition) is 1. The first-order valence-electron chi connectivity index (χ1n) is 6.86. The Labute approximate surface area is 114 Å². The van der Waals surface area contributed by atoms with E-state index in [0.717, 1.165) is 37.4 Å². The second kappa shape index (κ2) is 6.53. The molecule has 0 aliphatic heterocycles. The molecule has 18 heavy (non-hydrogen) atoms. The first-order chi connectivity index (χ1) is 8.69. The molecule has 0 bridgehead atoms. The summed E-state index contributed by atoms with van der Waals surface area (Å²) in [5.41, 5.74) is 0.787. The van der Waals surface area contributed by atoms with Crippen LogP contribution in [-0.4, -0.2) is 12.6 Å². The monoisotopic (exact) mass is 269 g/mol. The van der Waals surface area contributed by atoms with E-state index >= 15 is 0 Å². The van der Waals surface area contributed by atoms with Gasteiger partial charge in [-0.15, -0.1) is 0 Å². The van der Waals surface area contributed by atoms with Crippen molar-refractivity contribution in [3.8, 4) is 0 Å². The van der Waals surface area contributed by atoms with Gasteiger partial charge in [-0.2, -0.15) is 0 Å². The van der Waals surface area contributed by atoms with Crippen LogP contribution in [-0.2, 0) is 6.42 Å². The summed E-state index contributed by atoms with van der Waals surface area (Å²) in [6, 6.07) is 5.72. The minimum atomic E-state index is -0.171. The lowest BCUT2D eigenvalue weighted by Crippen LogP contribution is -2.26. The van der Waals surface area contributed by atoms with Gasteiger partial charge in [0.2, 0.25) is 0 Å². The van der Waals surface area contributed by atoms with E-state index in [0.29, 0.717) is 10.9 Å². The van der Waals surface area contributed by atoms with Crippen LogP contribution >= 0.6 is 11.6 Å². The third-order valence-corrected chi connectivity index (χ3v) is 3.73. The zero-order valence-electron chi connectivity index (χ0n) is 10.9. The van der Waals surface area contributed by atoms with Crippen LogP contribution in [0.3, 0.4) is 0 Å². The molecule has 1 aliphatic carbocycles. The second-order valence-corrected chi connectivity index (χ2v) is 5.71. The van der Waals surface area contributed by atoms with E-state index in [9.17, 15) is 4.39 Å². The van der Waals surface area contributed by atoms with Crippen LogP contribution in [0.5, 0.6) is 0 Å². The summed E-state index contributed by atoms with van der Waals surface area (Å²) >= 11 is 5.77. The lowest BCUT2D eigenvalue weighted by molar-refractivity contribution is 0.430. The van der Waals surface area contributed by atoms with Crippen molar-refractivity contribution < 1.29 is 4.39 Å². The Morgan fingerprint density at radius 1 is 1.44 bits per heavy atom. The van der Waals surface area contributed by atoms with Gasteiger partial charge in [-0.3, -0.25) is 0 Å². The molecule has 1 fully saturated rings. The van der Waals surface area contributed by atoms with Gasteiger partial charge in [0, 0.05) is 11.1 Å². The van der Waals surface area contributed by atoms with Crippen molar-refractivity contribution >= 4 is 11.6 Å². The molecule has 1 unspecified atom stereocenters. The first kappa shape index (κ1) is 13.8. The lowest BCUT2D eigenvalue weighted by atomic mass is 9.94. The molecule has 100 valence electrons. The maximum absolute atomic E-state index is 13.8. The maximum atomic E-state index is 13.8. The summed E-state index contributed by atoms with van der Waals surface area (Å²) in [6.45, 7) is 3.18. The summed E-state index contributed by atoms with van der Waals surface area (Å²) in [5.74, 6) is 0.348. The van der Waals surface area contributed by atoms with Gasteiger partial charge in [-0.1, -0.05) is 31.0 Å². The van der Waals surface area contributed by atoms with Crippen LogP contribution < -0.4 is 5.32 Å². The molecule has 1 aromatic rings. The van der Waals surface area contributed by atoms with Gasteiger partial charge < -0.3 is 5.32 Å². The Morgan fingerprint density at radius 2 is 2.22 bits per heavy atom. The Hall–Kier alpha value is -0.600. The van der Waals surface area contributed by atoms with Crippen LogP contribution in [0, 0.1) is 11.7 Å². The molecular formula is C15H21ClFN. The van der Waals surface area contributed by atoms with E-state index < -0.39 is 0 Å². The largest absolute Gasteiger partial charge is 0.314 e. The number of halogens is 2. The molecular weight excluding hydrogens is 249 g/mol. The van der Waals surface area contributed by atoms with Crippen LogP contribution in [0.25, 0.3) is 0 Å². The van der Waals surface area contributed by atoms with Gasteiger partial charge in [0.25, 0.3) is 0 Å². The molecule has 1 nitrogen and oxygen atoms in total. The minimum absolute atomic E-state index is 0.171. The molecule has 1 saturated carbocycles. The number of nitrogens with one attached hydrogen (secondary N) is 1. The fourth-order valence-corrected chi connectivity index (χ4v) is 2.46. The molecule has 3 heteroatoms. The summed E-state index contributed by atoms with van der Waals surface area (Å²) < 4.78 is 13.8. The second-order valence-electron chi connectivity index (χ2n) is 5.28. The molecule has 1 aromatic carbocycles. The third kappa shape index (κ3) is 4.25. The third-order valence-electron chi connectivity index (χ3n) is 3.49. The van der Waals surface area contributed by atoms with Crippen molar-refractivity contribution in [3.63, 3.8) is 0 Å². The summed E-state index contributed by atoms with van der Waals surface area (Å²) in [7, 11) is 0. The smallest absolute Gasteiger partial charge is 0.127 e. The van der Waals surface area contributed by atoms with E-state index in [1.54, 1.807) is 6.07 Å². The number of benzene rings is 1. The Balaban J connectivity index is 1.92. The molecule has 1 N–H and O–H groups in total. The molecule has 2 rings (SSSR count). The highest BCUT2D eigenvalue weighted by Gasteiger charge is 2.22. The quantitative estimate of drug-likeness (QED) is 0.783. The van der Waals surface area contributed by atoms with E-state index in [2.05, 4.69) is 12.2 Å². The molecule has 1 atom stereocenters. The zero-order chi connectivity index (χ0) is 13.0. The zero-order valence-corrected chi connectivity index (χ0v) is 11.6. The molecule has 0 spiro atoms. The molecule has 0 aromatic heterocycles. The predicted octanol–water partition coefficient (Wildman–Crippen LogP) is 4.19. The summed E-state index contributed by atoms with van der Waals surface area (Å²) in [4.78, 5) is 0. The van der Waals surface area contributed by atoms with Crippen molar-refractivity contribution in [3.05, 3.63) is 34.6 Å². The SMILES string of the molecule is CCCC(CNC1CC1)Cc1ccc(Cl)cc1F. The minimum Gasteiger partial charge on any atom is -0.314 e. The highest BCUT2D eigenvalue weighted by molar-refractivity contribution is 6.30. The van der Waals surface area contributed by atoms with Gasteiger partial charge in [0.05, 0.1) is 0 Å². The van der Waals surface area contributed by atoms with Crippen molar-refractivity contribution in [2.24, 2.45) is 5.92 Å². The molecule has 1 aliphatic rings.